The molecule has 1 saturated carbocycles. The molecule has 1 saturated heterocycles. The maximum absolute atomic E-state index is 13.9. The Labute approximate surface area is 251 Å². The summed E-state index contributed by atoms with van der Waals surface area (Å²) in [5, 5.41) is 2.64. The minimum absolute atomic E-state index is 0.130. The highest BCUT2D eigenvalue weighted by atomic mass is 19.1. The minimum atomic E-state index is -0.871. The number of likely N-dealkylation sites (tertiary alicyclic amines) is 1. The number of carbonyl (C=O) groups is 4. The van der Waals surface area contributed by atoms with E-state index in [9.17, 15) is 23.6 Å². The number of ether oxygens (including phenoxy) is 2. The fraction of sp³-hybridized carbons (Fsp3) is 0.531. The highest BCUT2D eigenvalue weighted by molar-refractivity contribution is 5.97. The van der Waals surface area contributed by atoms with Crippen LogP contribution in [0.3, 0.4) is 0 Å². The van der Waals surface area contributed by atoms with Crippen LogP contribution in [0.5, 0.6) is 0 Å². The highest BCUT2D eigenvalue weighted by Crippen LogP contribution is 2.41. The quantitative estimate of drug-likeness (QED) is 0.431. The molecule has 3 N–H and O–H groups in total. The summed E-state index contributed by atoms with van der Waals surface area (Å²) in [5.41, 5.74) is 7.40. The number of rotatable bonds is 8. The summed E-state index contributed by atoms with van der Waals surface area (Å²) in [6.07, 6.45) is 3.56. The van der Waals surface area contributed by atoms with Crippen LogP contribution in [0, 0.1) is 11.8 Å². The molecule has 1 aliphatic carbocycles. The summed E-state index contributed by atoms with van der Waals surface area (Å²) in [6, 6.07) is 9.09. The number of esters is 1. The third kappa shape index (κ3) is 7.32. The van der Waals surface area contributed by atoms with Gasteiger partial charge in [-0.1, -0.05) is 24.3 Å². The molecule has 2 fully saturated rings. The van der Waals surface area contributed by atoms with Crippen molar-refractivity contribution in [2.24, 2.45) is 17.6 Å². The molecule has 3 amide bonds. The van der Waals surface area contributed by atoms with Crippen molar-refractivity contribution in [3.8, 4) is 11.3 Å². The molecule has 1 aromatic carbocycles. The highest BCUT2D eigenvalue weighted by Gasteiger charge is 2.45. The van der Waals surface area contributed by atoms with Crippen LogP contribution in [0.25, 0.3) is 11.3 Å². The van der Waals surface area contributed by atoms with Crippen LogP contribution < -0.4 is 11.1 Å². The van der Waals surface area contributed by atoms with Crippen LogP contribution >= 0.6 is 0 Å². The first kappa shape index (κ1) is 31.9. The lowest BCUT2D eigenvalue weighted by atomic mass is 9.78. The monoisotopic (exact) mass is 596 g/mol. The van der Waals surface area contributed by atoms with Crippen molar-refractivity contribution >= 4 is 23.9 Å². The largest absolute Gasteiger partial charge is 0.465 e. The van der Waals surface area contributed by atoms with Gasteiger partial charge in [0.25, 0.3) is 0 Å². The van der Waals surface area contributed by atoms with Gasteiger partial charge in [0.05, 0.1) is 24.4 Å². The predicted octanol–water partition coefficient (Wildman–Crippen LogP) is 4.37. The number of pyridine rings is 1. The van der Waals surface area contributed by atoms with Gasteiger partial charge < -0.3 is 25.4 Å². The molecule has 0 spiro atoms. The van der Waals surface area contributed by atoms with E-state index in [4.69, 9.17) is 15.2 Å². The summed E-state index contributed by atoms with van der Waals surface area (Å²) >= 11 is 0. The van der Waals surface area contributed by atoms with Crippen molar-refractivity contribution < 1.29 is 33.0 Å². The van der Waals surface area contributed by atoms with Crippen molar-refractivity contribution in [3.63, 3.8) is 0 Å². The Kier molecular flexibility index (Phi) is 10.0. The number of alkyl halides is 1. The van der Waals surface area contributed by atoms with Crippen molar-refractivity contribution in [3.05, 3.63) is 53.7 Å². The topological polar surface area (TPSA) is 141 Å². The van der Waals surface area contributed by atoms with E-state index in [1.165, 1.54) is 7.11 Å². The molecule has 232 valence electrons. The van der Waals surface area contributed by atoms with Crippen LogP contribution in [-0.2, 0) is 19.1 Å². The van der Waals surface area contributed by atoms with E-state index in [1.807, 2.05) is 24.3 Å². The van der Waals surface area contributed by atoms with E-state index in [-0.39, 0.29) is 17.7 Å². The van der Waals surface area contributed by atoms with Gasteiger partial charge in [0.15, 0.2) is 0 Å². The van der Waals surface area contributed by atoms with Gasteiger partial charge in [-0.15, -0.1) is 0 Å². The zero-order valence-corrected chi connectivity index (χ0v) is 25.2. The van der Waals surface area contributed by atoms with Gasteiger partial charge in [0.1, 0.15) is 18.3 Å². The number of benzene rings is 1. The fourth-order valence-corrected chi connectivity index (χ4v) is 6.39. The van der Waals surface area contributed by atoms with Crippen LogP contribution in [0.1, 0.15) is 74.7 Å². The SMILES string of the molecule is COC(=O)c1cccnc1-c1ccccc1[C@H]1CCN(C(=O)[C@H]2CC[C@H](C(CF)NC(=O)OC(C)(C)C)CC2)[C@@H]1C(N)=O. The molecule has 2 aliphatic rings. The number of alkyl carbamates (subject to hydrolysis) is 1. The van der Waals surface area contributed by atoms with Gasteiger partial charge in [-0.3, -0.25) is 14.6 Å². The standard InChI is InChI=1S/C32H41FN4O6/c1-32(2,3)43-31(41)36-25(18-33)19-11-13-20(14-12-19)29(39)37-17-15-23(27(37)28(34)38)21-8-5-6-9-22(21)26-24(30(40)42-4)10-7-16-35-26/h5-10,16,19-20,23,25,27H,11-15,17-18H2,1-4H3,(H2,34,38)(H,36,41)/t19-,20-,23-,25?,27+/m1/s1. The molecular formula is C32H41FN4O6. The smallest absolute Gasteiger partial charge is 0.407 e. The Morgan fingerprint density at radius 2 is 1.77 bits per heavy atom. The summed E-state index contributed by atoms with van der Waals surface area (Å²) in [4.78, 5) is 57.4. The predicted molar refractivity (Wildman–Crippen MR) is 158 cm³/mol. The lowest BCUT2D eigenvalue weighted by Gasteiger charge is -2.35. The molecule has 1 unspecified atom stereocenters. The Morgan fingerprint density at radius 1 is 1.07 bits per heavy atom. The first-order chi connectivity index (χ1) is 20.4. The van der Waals surface area contributed by atoms with Gasteiger partial charge in [0.2, 0.25) is 11.8 Å². The van der Waals surface area contributed by atoms with E-state index in [0.717, 1.165) is 5.56 Å². The first-order valence-corrected chi connectivity index (χ1v) is 14.7. The number of nitrogens with zero attached hydrogens (tertiary/aromatic N) is 2. The van der Waals surface area contributed by atoms with E-state index in [0.29, 0.717) is 55.5 Å². The van der Waals surface area contributed by atoms with Crippen molar-refractivity contribution in [2.75, 3.05) is 20.3 Å². The number of nitrogens with one attached hydrogen (secondary N) is 1. The third-order valence-electron chi connectivity index (χ3n) is 8.36. The summed E-state index contributed by atoms with van der Waals surface area (Å²) in [7, 11) is 1.30. The molecule has 4 rings (SSSR count). The Hall–Kier alpha value is -4.02. The number of nitrogens with two attached hydrogens (primary N) is 1. The van der Waals surface area contributed by atoms with Gasteiger partial charge in [0, 0.05) is 30.1 Å². The number of carbonyl (C=O) groups excluding carboxylic acids is 4. The van der Waals surface area contributed by atoms with Crippen LogP contribution in [0.4, 0.5) is 9.18 Å². The van der Waals surface area contributed by atoms with Gasteiger partial charge in [-0.2, -0.15) is 0 Å². The molecule has 3 atom stereocenters. The maximum atomic E-state index is 13.9. The molecule has 0 bridgehead atoms. The number of halogens is 1. The van der Waals surface area contributed by atoms with E-state index >= 15 is 0 Å². The van der Waals surface area contributed by atoms with E-state index in [2.05, 4.69) is 10.3 Å². The lowest BCUT2D eigenvalue weighted by Crippen LogP contribution is -2.49. The third-order valence-corrected chi connectivity index (χ3v) is 8.36. The van der Waals surface area contributed by atoms with Crippen molar-refractivity contribution in [2.45, 2.75) is 76.5 Å². The number of primary amides is 1. The molecule has 11 heteroatoms. The van der Waals surface area contributed by atoms with Crippen molar-refractivity contribution in [1.82, 2.24) is 15.2 Å². The summed E-state index contributed by atoms with van der Waals surface area (Å²) in [5.74, 6) is -2.14. The van der Waals surface area contributed by atoms with Crippen LogP contribution in [-0.4, -0.2) is 71.8 Å². The zero-order valence-electron chi connectivity index (χ0n) is 25.2. The Bertz CT molecular complexity index is 1340. The molecule has 1 aliphatic heterocycles. The molecule has 43 heavy (non-hydrogen) atoms. The molecule has 2 aromatic rings. The van der Waals surface area contributed by atoms with Gasteiger partial charge in [-0.25, -0.2) is 14.0 Å². The molecule has 1 aromatic heterocycles. The molecule has 10 nitrogen and oxygen atoms in total. The Balaban J connectivity index is 1.49. The second-order valence-electron chi connectivity index (χ2n) is 12.3. The number of methoxy groups -OCH3 is 1. The first-order valence-electron chi connectivity index (χ1n) is 14.7. The zero-order chi connectivity index (χ0) is 31.3. The van der Waals surface area contributed by atoms with Crippen LogP contribution in [0.2, 0.25) is 0 Å². The van der Waals surface area contributed by atoms with Gasteiger partial charge >= 0.3 is 12.1 Å². The second-order valence-corrected chi connectivity index (χ2v) is 12.3. The number of aromatic nitrogens is 1. The molecule has 2 heterocycles. The summed E-state index contributed by atoms with van der Waals surface area (Å²) < 4.78 is 24.1. The summed E-state index contributed by atoms with van der Waals surface area (Å²) in [6.45, 7) is 4.85. The normalized spacial score (nSPS) is 22.9. The van der Waals surface area contributed by atoms with Gasteiger partial charge in [-0.05, 0) is 76.5 Å². The average molecular weight is 597 g/mol. The molecular weight excluding hydrogens is 555 g/mol. The second kappa shape index (κ2) is 13.5. The van der Waals surface area contributed by atoms with Crippen LogP contribution in [0.15, 0.2) is 42.6 Å². The maximum Gasteiger partial charge on any atom is 0.407 e. The van der Waals surface area contributed by atoms with Crippen molar-refractivity contribution in [1.29, 1.82) is 0 Å². The number of hydrogen-bond acceptors (Lipinski definition) is 7. The lowest BCUT2D eigenvalue weighted by molar-refractivity contribution is -0.142. The molecule has 0 radical (unpaired) electrons. The minimum Gasteiger partial charge on any atom is -0.465 e. The Morgan fingerprint density at radius 3 is 2.40 bits per heavy atom. The number of hydrogen-bond donors (Lipinski definition) is 2. The van der Waals surface area contributed by atoms with E-state index < -0.39 is 48.2 Å². The fourth-order valence-electron chi connectivity index (χ4n) is 6.39. The number of amides is 3. The van der Waals surface area contributed by atoms with E-state index in [1.54, 1.807) is 44.0 Å². The average Bonchev–Trinajstić information content (AvgIpc) is 3.44.